The van der Waals surface area contributed by atoms with Crippen LogP contribution in [-0.4, -0.2) is 30.3 Å². The van der Waals surface area contributed by atoms with Crippen LogP contribution >= 0.6 is 0 Å². The van der Waals surface area contributed by atoms with E-state index in [1.807, 2.05) is 6.92 Å². The van der Waals surface area contributed by atoms with Crippen LogP contribution in [0.25, 0.3) is 0 Å². The second-order valence-electron chi connectivity index (χ2n) is 6.00. The topological polar surface area (TPSA) is 61.4 Å². The van der Waals surface area contributed by atoms with E-state index in [2.05, 4.69) is 10.6 Å². The molecule has 0 radical (unpaired) electrons. The summed E-state index contributed by atoms with van der Waals surface area (Å²) in [4.78, 5) is 11.9. The first-order chi connectivity index (χ1) is 10.0. The van der Waals surface area contributed by atoms with Gasteiger partial charge in [0.25, 0.3) is 0 Å². The molecule has 0 saturated heterocycles. The lowest BCUT2D eigenvalue weighted by Crippen LogP contribution is -2.48. The molecule has 3 N–H and O–H groups in total. The first kappa shape index (κ1) is 15.8. The van der Waals surface area contributed by atoms with E-state index in [9.17, 15) is 14.3 Å². The number of aliphatic hydroxyl groups is 1. The molecule has 2 atom stereocenters. The number of carbonyl (C=O) groups is 1. The molecule has 2 unspecified atom stereocenters. The summed E-state index contributed by atoms with van der Waals surface area (Å²) in [5, 5.41) is 15.1. The van der Waals surface area contributed by atoms with Gasteiger partial charge in [-0.25, -0.2) is 9.18 Å². The first-order valence-corrected chi connectivity index (χ1v) is 7.44. The van der Waals surface area contributed by atoms with Crippen LogP contribution in [0, 0.1) is 11.2 Å². The van der Waals surface area contributed by atoms with Crippen LogP contribution < -0.4 is 10.6 Å². The van der Waals surface area contributed by atoms with Crippen LogP contribution in [0.2, 0.25) is 0 Å². The van der Waals surface area contributed by atoms with E-state index in [1.54, 1.807) is 18.2 Å². The average Bonchev–Trinajstić information content (AvgIpc) is 2.83. The molecule has 1 aromatic carbocycles. The average molecular weight is 294 g/mol. The van der Waals surface area contributed by atoms with Gasteiger partial charge in [-0.1, -0.05) is 31.5 Å². The van der Waals surface area contributed by atoms with Gasteiger partial charge in [0.15, 0.2) is 0 Å². The molecular weight excluding hydrogens is 271 g/mol. The van der Waals surface area contributed by atoms with Crippen LogP contribution in [0.5, 0.6) is 0 Å². The summed E-state index contributed by atoms with van der Waals surface area (Å²) in [6, 6.07) is 6.31. The molecule has 0 bridgehead atoms. The summed E-state index contributed by atoms with van der Waals surface area (Å²) in [5.74, 6) is -0.247. The number of aliphatic hydroxyl groups excluding tert-OH is 1. The van der Waals surface area contributed by atoms with E-state index in [0.29, 0.717) is 18.5 Å². The largest absolute Gasteiger partial charge is 0.396 e. The Hall–Kier alpha value is -1.62. The normalized spacial score (nSPS) is 24.8. The van der Waals surface area contributed by atoms with Crippen molar-refractivity contribution in [3.05, 3.63) is 35.6 Å². The van der Waals surface area contributed by atoms with Crippen LogP contribution in [0.3, 0.4) is 0 Å². The third-order valence-corrected chi connectivity index (χ3v) is 4.39. The van der Waals surface area contributed by atoms with Gasteiger partial charge < -0.3 is 15.7 Å². The molecule has 0 aliphatic heterocycles. The van der Waals surface area contributed by atoms with E-state index in [4.69, 9.17) is 0 Å². The van der Waals surface area contributed by atoms with E-state index in [-0.39, 0.29) is 29.9 Å². The lowest BCUT2D eigenvalue weighted by molar-refractivity contribution is 0.121. The Bertz CT molecular complexity index is 495. The molecule has 1 aromatic rings. The molecule has 2 rings (SSSR count). The van der Waals surface area contributed by atoms with Crippen molar-refractivity contribution < 1.29 is 14.3 Å². The zero-order valence-electron chi connectivity index (χ0n) is 12.4. The minimum atomic E-state index is -0.252. The van der Waals surface area contributed by atoms with Crippen LogP contribution in [-0.2, 0) is 6.42 Å². The molecule has 1 fully saturated rings. The predicted octanol–water partition coefficient (Wildman–Crippen LogP) is 2.22. The molecule has 0 spiro atoms. The van der Waals surface area contributed by atoms with Crippen LogP contribution in [0.15, 0.2) is 24.3 Å². The molecular formula is C16H23FN2O2. The van der Waals surface area contributed by atoms with Crippen molar-refractivity contribution in [1.82, 2.24) is 10.6 Å². The smallest absolute Gasteiger partial charge is 0.315 e. The van der Waals surface area contributed by atoms with Gasteiger partial charge in [-0.2, -0.15) is 0 Å². The molecule has 5 heteroatoms. The molecule has 116 valence electrons. The second kappa shape index (κ2) is 6.89. The fraction of sp³-hybridized carbons (Fsp3) is 0.562. The quantitative estimate of drug-likeness (QED) is 0.780. The lowest BCUT2D eigenvalue weighted by Gasteiger charge is -2.30. The number of rotatable bonds is 5. The number of carbonyl (C=O) groups excluding carboxylic acids is 1. The van der Waals surface area contributed by atoms with E-state index >= 15 is 0 Å². The first-order valence-electron chi connectivity index (χ1n) is 7.44. The monoisotopic (exact) mass is 294 g/mol. The number of urea groups is 1. The molecule has 4 nitrogen and oxygen atoms in total. The Morgan fingerprint density at radius 1 is 1.48 bits per heavy atom. The number of amides is 2. The van der Waals surface area contributed by atoms with Gasteiger partial charge in [-0.15, -0.1) is 0 Å². The van der Waals surface area contributed by atoms with Gasteiger partial charge in [0.2, 0.25) is 0 Å². The van der Waals surface area contributed by atoms with Crippen molar-refractivity contribution in [2.45, 2.75) is 38.6 Å². The van der Waals surface area contributed by atoms with Crippen LogP contribution in [0.1, 0.15) is 31.7 Å². The number of hydrogen-bond donors (Lipinski definition) is 3. The van der Waals surface area contributed by atoms with Crippen molar-refractivity contribution in [3.63, 3.8) is 0 Å². The fourth-order valence-corrected chi connectivity index (χ4v) is 2.89. The van der Waals surface area contributed by atoms with Gasteiger partial charge in [-0.05, 0) is 30.9 Å². The Labute approximate surface area is 124 Å². The van der Waals surface area contributed by atoms with E-state index < -0.39 is 0 Å². The molecule has 21 heavy (non-hydrogen) atoms. The fourth-order valence-electron chi connectivity index (χ4n) is 2.89. The molecule has 0 aromatic heterocycles. The molecule has 0 heterocycles. The van der Waals surface area contributed by atoms with Gasteiger partial charge in [-0.3, -0.25) is 0 Å². The Kier molecular flexibility index (Phi) is 5.17. The Morgan fingerprint density at radius 3 is 2.95 bits per heavy atom. The van der Waals surface area contributed by atoms with Crippen LogP contribution in [0.4, 0.5) is 9.18 Å². The number of benzene rings is 1. The third kappa shape index (κ3) is 3.94. The van der Waals surface area contributed by atoms with Crippen molar-refractivity contribution >= 4 is 6.03 Å². The summed E-state index contributed by atoms with van der Waals surface area (Å²) in [6.45, 7) is 2.45. The van der Waals surface area contributed by atoms with E-state index in [1.165, 1.54) is 6.07 Å². The van der Waals surface area contributed by atoms with Crippen molar-refractivity contribution in [3.8, 4) is 0 Å². The predicted molar refractivity (Wildman–Crippen MR) is 79.5 cm³/mol. The molecule has 1 aliphatic carbocycles. The zero-order chi connectivity index (χ0) is 15.3. The minimum absolute atomic E-state index is 0.00374. The molecule has 1 aliphatic rings. The summed E-state index contributed by atoms with van der Waals surface area (Å²) < 4.78 is 13.4. The Morgan fingerprint density at radius 2 is 2.24 bits per heavy atom. The second-order valence-corrected chi connectivity index (χ2v) is 6.00. The molecule has 1 saturated carbocycles. The highest BCUT2D eigenvalue weighted by Gasteiger charge is 2.38. The van der Waals surface area contributed by atoms with Crippen molar-refractivity contribution in [2.24, 2.45) is 5.41 Å². The summed E-state index contributed by atoms with van der Waals surface area (Å²) >= 11 is 0. The lowest BCUT2D eigenvalue weighted by atomic mass is 9.86. The number of halogens is 1. The van der Waals surface area contributed by atoms with Gasteiger partial charge >= 0.3 is 6.03 Å². The highest BCUT2D eigenvalue weighted by Crippen LogP contribution is 2.37. The Balaban J connectivity index is 1.77. The maximum Gasteiger partial charge on any atom is 0.315 e. The third-order valence-electron chi connectivity index (χ3n) is 4.39. The van der Waals surface area contributed by atoms with Gasteiger partial charge in [0.1, 0.15) is 5.82 Å². The SMILES string of the molecule is CC1(CO)CCCC1NC(=O)NCCc1ccccc1F. The maximum absolute atomic E-state index is 13.4. The van der Waals surface area contributed by atoms with Gasteiger partial charge in [0, 0.05) is 18.0 Å². The standard InChI is InChI=1S/C16H23FN2O2/c1-16(11-20)9-4-7-14(16)19-15(21)18-10-8-12-5-2-3-6-13(12)17/h2-3,5-6,14,20H,4,7-11H2,1H3,(H2,18,19,21). The van der Waals surface area contributed by atoms with Crippen molar-refractivity contribution in [2.75, 3.05) is 13.2 Å². The molecule has 2 amide bonds. The van der Waals surface area contributed by atoms with Gasteiger partial charge in [0.05, 0.1) is 6.61 Å². The van der Waals surface area contributed by atoms with E-state index in [0.717, 1.165) is 19.3 Å². The summed E-state index contributed by atoms with van der Waals surface area (Å²) in [7, 11) is 0. The highest BCUT2D eigenvalue weighted by atomic mass is 19.1. The minimum Gasteiger partial charge on any atom is -0.396 e. The summed E-state index contributed by atoms with van der Waals surface area (Å²) in [6.07, 6.45) is 3.28. The number of nitrogens with one attached hydrogen (secondary N) is 2. The maximum atomic E-state index is 13.4. The number of hydrogen-bond acceptors (Lipinski definition) is 2. The zero-order valence-corrected chi connectivity index (χ0v) is 12.4. The highest BCUT2D eigenvalue weighted by molar-refractivity contribution is 5.74. The summed E-state index contributed by atoms with van der Waals surface area (Å²) in [5.41, 5.74) is 0.363. The van der Waals surface area contributed by atoms with Crippen molar-refractivity contribution in [1.29, 1.82) is 0 Å².